The summed E-state index contributed by atoms with van der Waals surface area (Å²) in [7, 11) is 0. The van der Waals surface area contributed by atoms with E-state index >= 15 is 0 Å². The van der Waals surface area contributed by atoms with E-state index < -0.39 is 5.97 Å². The molecule has 1 aromatic carbocycles. The van der Waals surface area contributed by atoms with Gasteiger partial charge in [-0.15, -0.1) is 0 Å². The summed E-state index contributed by atoms with van der Waals surface area (Å²) in [6, 6.07) is 8.57. The highest BCUT2D eigenvalue weighted by atomic mass is 16.7. The summed E-state index contributed by atoms with van der Waals surface area (Å²) >= 11 is 0. The van der Waals surface area contributed by atoms with Gasteiger partial charge in [-0.3, -0.25) is 4.79 Å². The molecule has 0 fully saturated rings. The van der Waals surface area contributed by atoms with Gasteiger partial charge in [0.15, 0.2) is 6.29 Å². The van der Waals surface area contributed by atoms with Gasteiger partial charge in [0.1, 0.15) is 5.71 Å². The zero-order valence-electron chi connectivity index (χ0n) is 11.2. The van der Waals surface area contributed by atoms with Crippen LogP contribution in [0.5, 0.6) is 0 Å². The largest absolute Gasteiger partial charge is 0.365 e. The summed E-state index contributed by atoms with van der Waals surface area (Å²) < 4.78 is 0. The number of unbranched alkanes of at least 4 members (excludes halogenated alkanes) is 3. The molecule has 0 aliphatic carbocycles. The minimum atomic E-state index is -0.548. The molecule has 0 radical (unpaired) electrons. The molecule has 0 bridgehead atoms. The van der Waals surface area contributed by atoms with Crippen molar-refractivity contribution in [2.75, 3.05) is 0 Å². The first-order chi connectivity index (χ1) is 9.27. The minimum Gasteiger partial charge on any atom is -0.312 e. The van der Waals surface area contributed by atoms with Crippen molar-refractivity contribution in [2.24, 2.45) is 5.16 Å². The van der Waals surface area contributed by atoms with Crippen molar-refractivity contribution in [1.29, 1.82) is 0 Å². The van der Waals surface area contributed by atoms with E-state index in [4.69, 9.17) is 4.84 Å². The summed E-state index contributed by atoms with van der Waals surface area (Å²) in [4.78, 5) is 27.1. The van der Waals surface area contributed by atoms with E-state index in [9.17, 15) is 9.59 Å². The number of benzene rings is 1. The second-order valence-corrected chi connectivity index (χ2v) is 4.26. The highest BCUT2D eigenvalue weighted by Crippen LogP contribution is 2.05. The van der Waals surface area contributed by atoms with Crippen molar-refractivity contribution in [2.45, 2.75) is 39.0 Å². The van der Waals surface area contributed by atoms with Gasteiger partial charge in [0, 0.05) is 0 Å². The molecule has 19 heavy (non-hydrogen) atoms. The molecular weight excluding hydrogens is 242 g/mol. The highest BCUT2D eigenvalue weighted by molar-refractivity contribution is 6.28. The average Bonchev–Trinajstić information content (AvgIpc) is 2.47. The number of aldehydes is 1. The van der Waals surface area contributed by atoms with E-state index in [-0.39, 0.29) is 5.71 Å². The first-order valence-electron chi connectivity index (χ1n) is 6.56. The Morgan fingerprint density at radius 3 is 2.58 bits per heavy atom. The lowest BCUT2D eigenvalue weighted by Gasteiger charge is -2.00. The van der Waals surface area contributed by atoms with Gasteiger partial charge in [0.25, 0.3) is 0 Å². The van der Waals surface area contributed by atoms with E-state index in [0.29, 0.717) is 18.3 Å². The van der Waals surface area contributed by atoms with Crippen LogP contribution in [-0.4, -0.2) is 18.0 Å². The molecule has 0 heterocycles. The van der Waals surface area contributed by atoms with Gasteiger partial charge in [-0.25, -0.2) is 4.79 Å². The molecular formula is C15H19NO3. The predicted molar refractivity (Wildman–Crippen MR) is 74.1 cm³/mol. The Labute approximate surface area is 113 Å². The molecule has 0 amide bonds. The molecule has 0 N–H and O–H groups in total. The second kappa shape index (κ2) is 9.03. The summed E-state index contributed by atoms with van der Waals surface area (Å²) in [6.45, 7) is 2.12. The van der Waals surface area contributed by atoms with Crippen LogP contribution in [0.2, 0.25) is 0 Å². The van der Waals surface area contributed by atoms with Gasteiger partial charge in [0.05, 0.1) is 5.56 Å². The standard InChI is InChI=1S/C15H19NO3/c1-2-3-4-8-11-14(12-17)16-19-15(18)13-9-6-5-7-10-13/h5-7,9-10,12H,2-4,8,11H2,1H3/b16-14+. The van der Waals surface area contributed by atoms with Crippen LogP contribution in [-0.2, 0) is 9.63 Å². The summed E-state index contributed by atoms with van der Waals surface area (Å²) in [5.41, 5.74) is 0.697. The molecule has 0 aliphatic heterocycles. The molecule has 1 aromatic rings. The summed E-state index contributed by atoms with van der Waals surface area (Å²) in [6.07, 6.45) is 5.40. The molecule has 102 valence electrons. The predicted octanol–water partition coefficient (Wildman–Crippen LogP) is 3.37. The van der Waals surface area contributed by atoms with Gasteiger partial charge in [-0.2, -0.15) is 0 Å². The lowest BCUT2D eigenvalue weighted by molar-refractivity contribution is -0.102. The number of oxime groups is 1. The van der Waals surface area contributed by atoms with Crippen molar-refractivity contribution in [3.63, 3.8) is 0 Å². The lowest BCUT2D eigenvalue weighted by Crippen LogP contribution is -2.06. The Kier molecular flexibility index (Phi) is 7.17. The molecule has 0 spiro atoms. The molecule has 0 saturated carbocycles. The fourth-order valence-electron chi connectivity index (χ4n) is 1.59. The van der Waals surface area contributed by atoms with Gasteiger partial charge >= 0.3 is 5.97 Å². The van der Waals surface area contributed by atoms with Crippen LogP contribution in [0.25, 0.3) is 0 Å². The highest BCUT2D eigenvalue weighted by Gasteiger charge is 2.06. The fourth-order valence-corrected chi connectivity index (χ4v) is 1.59. The molecule has 0 aromatic heterocycles. The van der Waals surface area contributed by atoms with Gasteiger partial charge < -0.3 is 4.84 Å². The smallest absolute Gasteiger partial charge is 0.312 e. The maximum atomic E-state index is 11.6. The number of hydrogen-bond donors (Lipinski definition) is 0. The number of rotatable bonds is 8. The van der Waals surface area contributed by atoms with Crippen molar-refractivity contribution < 1.29 is 14.4 Å². The van der Waals surface area contributed by atoms with Gasteiger partial charge in [-0.05, 0) is 25.0 Å². The quantitative estimate of drug-likeness (QED) is 0.237. The first-order valence-corrected chi connectivity index (χ1v) is 6.56. The van der Waals surface area contributed by atoms with Crippen LogP contribution >= 0.6 is 0 Å². The third-order valence-corrected chi connectivity index (χ3v) is 2.68. The molecule has 4 nitrogen and oxygen atoms in total. The zero-order valence-corrected chi connectivity index (χ0v) is 11.2. The minimum absolute atomic E-state index is 0.278. The van der Waals surface area contributed by atoms with Crippen molar-refractivity contribution in [3.8, 4) is 0 Å². The Hall–Kier alpha value is -1.97. The van der Waals surface area contributed by atoms with Crippen LogP contribution in [0.15, 0.2) is 35.5 Å². The number of hydrogen-bond acceptors (Lipinski definition) is 4. The van der Waals surface area contributed by atoms with Gasteiger partial charge in [0.2, 0.25) is 0 Å². The molecule has 4 heteroatoms. The van der Waals surface area contributed by atoms with Crippen molar-refractivity contribution in [3.05, 3.63) is 35.9 Å². The van der Waals surface area contributed by atoms with E-state index in [2.05, 4.69) is 12.1 Å². The summed E-state index contributed by atoms with van der Waals surface area (Å²) in [5.74, 6) is -0.548. The first kappa shape index (κ1) is 15.1. The Bertz CT molecular complexity index is 426. The second-order valence-electron chi connectivity index (χ2n) is 4.26. The third-order valence-electron chi connectivity index (χ3n) is 2.68. The maximum Gasteiger partial charge on any atom is 0.365 e. The van der Waals surface area contributed by atoms with Gasteiger partial charge in [-0.1, -0.05) is 49.5 Å². The Balaban J connectivity index is 2.44. The van der Waals surface area contributed by atoms with E-state index in [1.54, 1.807) is 24.3 Å². The van der Waals surface area contributed by atoms with E-state index in [1.807, 2.05) is 6.07 Å². The van der Waals surface area contributed by atoms with Crippen LogP contribution in [0, 0.1) is 0 Å². The Morgan fingerprint density at radius 1 is 1.21 bits per heavy atom. The number of nitrogens with zero attached hydrogens (tertiary/aromatic N) is 1. The lowest BCUT2D eigenvalue weighted by atomic mass is 10.1. The van der Waals surface area contributed by atoms with Crippen LogP contribution in [0.1, 0.15) is 49.4 Å². The number of carbonyl (C=O) groups is 2. The topological polar surface area (TPSA) is 55.7 Å². The fraction of sp³-hybridized carbons (Fsp3) is 0.400. The molecule has 1 rings (SSSR count). The third kappa shape index (κ3) is 5.95. The molecule has 0 unspecified atom stereocenters. The normalized spacial score (nSPS) is 11.1. The molecule has 0 atom stereocenters. The zero-order chi connectivity index (χ0) is 13.9. The van der Waals surface area contributed by atoms with Crippen LogP contribution < -0.4 is 0 Å². The van der Waals surface area contributed by atoms with E-state index in [1.165, 1.54) is 0 Å². The average molecular weight is 261 g/mol. The molecule has 0 aliphatic rings. The van der Waals surface area contributed by atoms with Crippen LogP contribution in [0.3, 0.4) is 0 Å². The monoisotopic (exact) mass is 261 g/mol. The van der Waals surface area contributed by atoms with Crippen LogP contribution in [0.4, 0.5) is 0 Å². The van der Waals surface area contributed by atoms with E-state index in [0.717, 1.165) is 25.7 Å². The number of carbonyl (C=O) groups excluding carboxylic acids is 2. The van der Waals surface area contributed by atoms with Crippen molar-refractivity contribution >= 4 is 18.0 Å². The van der Waals surface area contributed by atoms with Crippen molar-refractivity contribution in [1.82, 2.24) is 0 Å². The molecule has 0 saturated heterocycles. The summed E-state index contributed by atoms with van der Waals surface area (Å²) in [5, 5.41) is 3.62. The SMILES string of the molecule is CCCCCC/C(C=O)=N\OC(=O)c1ccccc1. The Morgan fingerprint density at radius 2 is 1.95 bits per heavy atom. The maximum absolute atomic E-state index is 11.6.